The molecule has 0 atom stereocenters. The first-order valence-corrected chi connectivity index (χ1v) is 11.0. The Morgan fingerprint density at radius 1 is 1.20 bits per heavy atom. The molecule has 7 nitrogen and oxygen atoms in total. The van der Waals surface area contributed by atoms with E-state index in [4.69, 9.17) is 14.2 Å². The number of carbonyl (C=O) groups excluding carboxylic acids is 1. The number of carbonyl (C=O) groups is 1. The molecule has 162 valence electrons. The standard InChI is InChI=1S/C21H24FNO6S/c1-4-23(5-2)30(25,26)18-7-6-14(3)19(10-18)21(24)28-12-16-9-17(22)8-15-11-27-13-29-20(15)16/h6-10H,4-5,11-13H2,1-3H3. The smallest absolute Gasteiger partial charge is 0.338 e. The summed E-state index contributed by atoms with van der Waals surface area (Å²) in [6.07, 6.45) is 0. The molecule has 0 saturated carbocycles. The molecule has 0 radical (unpaired) electrons. The molecule has 2 aromatic carbocycles. The lowest BCUT2D eigenvalue weighted by atomic mass is 10.1. The molecule has 0 saturated heterocycles. The van der Waals surface area contributed by atoms with E-state index in [0.717, 1.165) is 0 Å². The zero-order valence-electron chi connectivity index (χ0n) is 17.1. The molecule has 2 aromatic rings. The molecule has 1 aliphatic heterocycles. The van der Waals surface area contributed by atoms with Gasteiger partial charge in [-0.2, -0.15) is 4.31 Å². The summed E-state index contributed by atoms with van der Waals surface area (Å²) >= 11 is 0. The highest BCUT2D eigenvalue weighted by Crippen LogP contribution is 2.30. The van der Waals surface area contributed by atoms with Crippen molar-refractivity contribution >= 4 is 16.0 Å². The highest BCUT2D eigenvalue weighted by Gasteiger charge is 2.24. The van der Waals surface area contributed by atoms with Crippen molar-refractivity contribution < 1.29 is 31.8 Å². The van der Waals surface area contributed by atoms with Crippen molar-refractivity contribution in [2.24, 2.45) is 0 Å². The van der Waals surface area contributed by atoms with E-state index in [2.05, 4.69) is 0 Å². The van der Waals surface area contributed by atoms with E-state index in [1.54, 1.807) is 26.8 Å². The van der Waals surface area contributed by atoms with E-state index in [0.29, 0.717) is 35.5 Å². The van der Waals surface area contributed by atoms with Crippen molar-refractivity contribution in [3.05, 3.63) is 58.4 Å². The van der Waals surface area contributed by atoms with Gasteiger partial charge in [0.2, 0.25) is 10.0 Å². The summed E-state index contributed by atoms with van der Waals surface area (Å²) in [7, 11) is -3.72. The molecule has 9 heteroatoms. The van der Waals surface area contributed by atoms with Gasteiger partial charge in [0.25, 0.3) is 0 Å². The van der Waals surface area contributed by atoms with Crippen molar-refractivity contribution in [1.82, 2.24) is 4.31 Å². The average Bonchev–Trinajstić information content (AvgIpc) is 2.72. The number of nitrogens with zero attached hydrogens (tertiary/aromatic N) is 1. The summed E-state index contributed by atoms with van der Waals surface area (Å²) in [5, 5.41) is 0. The van der Waals surface area contributed by atoms with Gasteiger partial charge < -0.3 is 14.2 Å². The molecule has 0 aromatic heterocycles. The molecule has 0 aliphatic carbocycles. The van der Waals surface area contributed by atoms with Crippen LogP contribution in [0.4, 0.5) is 4.39 Å². The fraction of sp³-hybridized carbons (Fsp3) is 0.381. The first-order chi connectivity index (χ1) is 14.3. The van der Waals surface area contributed by atoms with Crippen LogP contribution in [-0.4, -0.2) is 38.6 Å². The number of aryl methyl sites for hydroxylation is 1. The minimum atomic E-state index is -3.72. The number of rotatable bonds is 7. The molecule has 0 amide bonds. The quantitative estimate of drug-likeness (QED) is 0.618. The van der Waals surface area contributed by atoms with Gasteiger partial charge in [-0.15, -0.1) is 0 Å². The second kappa shape index (κ2) is 9.11. The van der Waals surface area contributed by atoms with E-state index in [-0.39, 0.29) is 30.5 Å². The number of hydrogen-bond acceptors (Lipinski definition) is 6. The minimum Gasteiger partial charge on any atom is -0.467 e. The summed E-state index contributed by atoms with van der Waals surface area (Å²) in [6.45, 7) is 5.85. The monoisotopic (exact) mass is 437 g/mol. The van der Waals surface area contributed by atoms with Crippen LogP contribution >= 0.6 is 0 Å². The highest BCUT2D eigenvalue weighted by atomic mass is 32.2. The number of benzene rings is 2. The number of hydrogen-bond donors (Lipinski definition) is 0. The van der Waals surface area contributed by atoms with E-state index in [9.17, 15) is 17.6 Å². The van der Waals surface area contributed by atoms with Crippen molar-refractivity contribution in [1.29, 1.82) is 0 Å². The summed E-state index contributed by atoms with van der Waals surface area (Å²) < 4.78 is 56.6. The van der Waals surface area contributed by atoms with Crippen LogP contribution in [0, 0.1) is 12.7 Å². The zero-order valence-corrected chi connectivity index (χ0v) is 17.9. The van der Waals surface area contributed by atoms with Crippen molar-refractivity contribution in [2.75, 3.05) is 19.9 Å². The van der Waals surface area contributed by atoms with Crippen LogP contribution in [0.15, 0.2) is 35.2 Å². The third kappa shape index (κ3) is 4.48. The van der Waals surface area contributed by atoms with Crippen molar-refractivity contribution in [3.63, 3.8) is 0 Å². The number of sulfonamides is 1. The summed E-state index contributed by atoms with van der Waals surface area (Å²) in [4.78, 5) is 12.7. The maximum Gasteiger partial charge on any atom is 0.338 e. The first kappa shape index (κ1) is 22.2. The van der Waals surface area contributed by atoms with E-state index in [1.807, 2.05) is 0 Å². The molecule has 0 N–H and O–H groups in total. The predicted octanol–water partition coefficient (Wildman–Crippen LogP) is 3.39. The van der Waals surface area contributed by atoms with Crippen molar-refractivity contribution in [2.45, 2.75) is 38.9 Å². The Bertz CT molecular complexity index is 1050. The Balaban J connectivity index is 1.84. The predicted molar refractivity (Wildman–Crippen MR) is 107 cm³/mol. The first-order valence-electron chi connectivity index (χ1n) is 9.57. The Labute approximate surface area is 175 Å². The second-order valence-corrected chi connectivity index (χ2v) is 8.74. The van der Waals surface area contributed by atoms with Gasteiger partial charge in [0.15, 0.2) is 6.79 Å². The van der Waals surface area contributed by atoms with E-state index in [1.165, 1.54) is 28.6 Å². The second-order valence-electron chi connectivity index (χ2n) is 6.81. The molecule has 0 unspecified atom stereocenters. The van der Waals surface area contributed by atoms with Crippen LogP contribution in [0.5, 0.6) is 5.75 Å². The van der Waals surface area contributed by atoms with Gasteiger partial charge in [0.1, 0.15) is 18.2 Å². The molecule has 0 fully saturated rings. The summed E-state index contributed by atoms with van der Waals surface area (Å²) in [5.74, 6) is -0.753. The molecular formula is C21H24FNO6S. The molecule has 3 rings (SSSR count). The average molecular weight is 437 g/mol. The fourth-order valence-electron chi connectivity index (χ4n) is 3.28. The van der Waals surface area contributed by atoms with E-state index < -0.39 is 21.8 Å². The van der Waals surface area contributed by atoms with Gasteiger partial charge >= 0.3 is 5.97 Å². The lowest BCUT2D eigenvalue weighted by Crippen LogP contribution is -2.30. The normalized spacial score (nSPS) is 13.6. The Morgan fingerprint density at radius 3 is 2.63 bits per heavy atom. The van der Waals surface area contributed by atoms with Gasteiger partial charge in [0.05, 0.1) is 17.1 Å². The summed E-state index contributed by atoms with van der Waals surface area (Å²) in [6, 6.07) is 6.90. The Kier molecular flexibility index (Phi) is 6.74. The Morgan fingerprint density at radius 2 is 1.93 bits per heavy atom. The Hall–Kier alpha value is -2.49. The number of fused-ring (bicyclic) bond motifs is 1. The number of halogens is 1. The molecule has 1 heterocycles. The van der Waals surface area contributed by atoms with Crippen LogP contribution in [0.1, 0.15) is 40.9 Å². The maximum atomic E-state index is 13.9. The van der Waals surface area contributed by atoms with Gasteiger partial charge in [-0.05, 0) is 36.8 Å². The topological polar surface area (TPSA) is 82.1 Å². The van der Waals surface area contributed by atoms with Crippen LogP contribution in [0.2, 0.25) is 0 Å². The molecule has 30 heavy (non-hydrogen) atoms. The third-order valence-corrected chi connectivity index (χ3v) is 6.93. The van der Waals surface area contributed by atoms with Crippen LogP contribution in [0.3, 0.4) is 0 Å². The van der Waals surface area contributed by atoms with Gasteiger partial charge in [-0.3, -0.25) is 0 Å². The molecule has 0 spiro atoms. The summed E-state index contributed by atoms with van der Waals surface area (Å²) in [5.41, 5.74) is 1.63. The highest BCUT2D eigenvalue weighted by molar-refractivity contribution is 7.89. The minimum absolute atomic E-state index is 0.0207. The van der Waals surface area contributed by atoms with Crippen LogP contribution in [0.25, 0.3) is 0 Å². The SMILES string of the molecule is CCN(CC)S(=O)(=O)c1ccc(C)c(C(=O)OCc2cc(F)cc3c2OCOC3)c1. The molecule has 0 bridgehead atoms. The van der Waals surface area contributed by atoms with E-state index >= 15 is 0 Å². The zero-order chi connectivity index (χ0) is 21.9. The van der Waals surface area contributed by atoms with Crippen LogP contribution < -0.4 is 4.74 Å². The maximum absolute atomic E-state index is 13.9. The lowest BCUT2D eigenvalue weighted by Gasteiger charge is -2.21. The van der Waals surface area contributed by atoms with Gasteiger partial charge in [-0.25, -0.2) is 17.6 Å². The van der Waals surface area contributed by atoms with Gasteiger partial charge in [-0.1, -0.05) is 19.9 Å². The third-order valence-electron chi connectivity index (χ3n) is 4.88. The largest absolute Gasteiger partial charge is 0.467 e. The van der Waals surface area contributed by atoms with Gasteiger partial charge in [0, 0.05) is 24.2 Å². The fourth-order valence-corrected chi connectivity index (χ4v) is 4.76. The number of esters is 1. The molecule has 1 aliphatic rings. The molecular weight excluding hydrogens is 413 g/mol. The van der Waals surface area contributed by atoms with Crippen LogP contribution in [-0.2, 0) is 32.7 Å². The number of ether oxygens (including phenoxy) is 3. The lowest BCUT2D eigenvalue weighted by molar-refractivity contribution is -0.0183. The van der Waals surface area contributed by atoms with Crippen molar-refractivity contribution in [3.8, 4) is 5.75 Å².